The van der Waals surface area contributed by atoms with Crippen molar-refractivity contribution in [1.29, 1.82) is 0 Å². The molecule has 2 aliphatic heterocycles. The van der Waals surface area contributed by atoms with Gasteiger partial charge in [-0.05, 0) is 85.8 Å². The van der Waals surface area contributed by atoms with E-state index in [2.05, 4.69) is 9.89 Å². The number of benzene rings is 3. The average molecular weight is 569 g/mol. The second-order valence-electron chi connectivity index (χ2n) is 10.1. The van der Waals surface area contributed by atoms with Crippen LogP contribution in [0.15, 0.2) is 95.0 Å². The number of amides is 1. The van der Waals surface area contributed by atoms with Gasteiger partial charge in [0.15, 0.2) is 5.17 Å². The van der Waals surface area contributed by atoms with Gasteiger partial charge in [-0.3, -0.25) is 4.79 Å². The summed E-state index contributed by atoms with van der Waals surface area (Å²) in [5, 5.41) is 5.60. The zero-order valence-electron chi connectivity index (χ0n) is 22.7. The molecule has 0 spiro atoms. The van der Waals surface area contributed by atoms with E-state index in [4.69, 9.17) is 14.6 Å². The van der Waals surface area contributed by atoms with Gasteiger partial charge >= 0.3 is 0 Å². The molecule has 3 aromatic carbocycles. The molecule has 1 aromatic heterocycles. The molecule has 0 radical (unpaired) electrons. The monoisotopic (exact) mass is 568 g/mol. The van der Waals surface area contributed by atoms with Crippen LogP contribution < -0.4 is 4.74 Å². The summed E-state index contributed by atoms with van der Waals surface area (Å²) in [5.74, 6) is 0.165. The molecule has 2 atom stereocenters. The largest absolute Gasteiger partial charge is 0.489 e. The fraction of sp³-hybridized carbons (Fsp3) is 0.219. The molecule has 7 nitrogen and oxygen atoms in total. The van der Waals surface area contributed by atoms with Crippen molar-refractivity contribution in [1.82, 2.24) is 14.7 Å². The molecule has 41 heavy (non-hydrogen) atoms. The predicted molar refractivity (Wildman–Crippen MR) is 159 cm³/mol. The maximum Gasteiger partial charge on any atom is 0.286 e. The molecule has 0 N–H and O–H groups in total. The van der Waals surface area contributed by atoms with Crippen LogP contribution in [0, 0.1) is 5.82 Å². The van der Waals surface area contributed by atoms with Crippen molar-refractivity contribution in [2.75, 3.05) is 13.1 Å². The smallest absolute Gasteiger partial charge is 0.286 e. The highest BCUT2D eigenvalue weighted by Crippen LogP contribution is 2.34. The number of para-hydroxylation sites is 1. The van der Waals surface area contributed by atoms with E-state index >= 15 is 0 Å². The summed E-state index contributed by atoms with van der Waals surface area (Å²) >= 11 is 1.39. The standard InChI is InChI=1S/C32H29FN4O3S/c1-21-17-36(18-22(2)40-21)32-34-31(38)29(41-32)16-25-19-37(27-6-4-3-5-7-27)35-30(25)24-10-14-28(15-11-24)39-20-23-8-12-26(33)13-9-23/h3-16,19,21-22H,17-18,20H2,1-2H3/b29-16-. The van der Waals surface area contributed by atoms with Gasteiger partial charge in [0, 0.05) is 30.4 Å². The third-order valence-electron chi connectivity index (χ3n) is 6.80. The SMILES string of the molecule is CC1CN(C2=NC(=O)/C(=C/c3cn(-c4ccccc4)nc3-c3ccc(OCc4ccc(F)cc4)cc3)S2)CC(C)O1. The zero-order chi connectivity index (χ0) is 28.3. The van der Waals surface area contributed by atoms with Crippen molar-refractivity contribution in [3.8, 4) is 22.7 Å². The Morgan fingerprint density at radius 2 is 1.71 bits per heavy atom. The number of amidine groups is 1. The maximum absolute atomic E-state index is 13.2. The minimum atomic E-state index is -0.274. The fourth-order valence-corrected chi connectivity index (χ4v) is 5.82. The number of morpholine rings is 1. The van der Waals surface area contributed by atoms with E-state index in [1.807, 2.05) is 85.4 Å². The predicted octanol–water partition coefficient (Wildman–Crippen LogP) is 6.34. The van der Waals surface area contributed by atoms with Crippen LogP contribution in [-0.2, 0) is 16.1 Å². The number of hydrogen-bond donors (Lipinski definition) is 0. The van der Waals surface area contributed by atoms with Crippen LogP contribution in [0.4, 0.5) is 4.39 Å². The number of carbonyl (C=O) groups is 1. The summed E-state index contributed by atoms with van der Waals surface area (Å²) in [6.07, 6.45) is 3.95. The molecule has 9 heteroatoms. The van der Waals surface area contributed by atoms with Crippen LogP contribution in [-0.4, -0.2) is 51.1 Å². The quantitative estimate of drug-likeness (QED) is 0.253. The number of ether oxygens (including phenoxy) is 2. The van der Waals surface area contributed by atoms with Gasteiger partial charge < -0.3 is 14.4 Å². The topological polar surface area (TPSA) is 69.0 Å². The van der Waals surface area contributed by atoms with E-state index in [1.54, 1.807) is 12.1 Å². The molecule has 1 amide bonds. The highest BCUT2D eigenvalue weighted by atomic mass is 32.2. The first-order chi connectivity index (χ1) is 19.9. The van der Waals surface area contributed by atoms with Crippen molar-refractivity contribution >= 4 is 28.9 Å². The fourth-order valence-electron chi connectivity index (χ4n) is 4.90. The van der Waals surface area contributed by atoms with Gasteiger partial charge in [0.25, 0.3) is 5.91 Å². The molecule has 3 heterocycles. The van der Waals surface area contributed by atoms with Crippen molar-refractivity contribution in [2.45, 2.75) is 32.7 Å². The van der Waals surface area contributed by atoms with Gasteiger partial charge in [0.2, 0.25) is 0 Å². The minimum Gasteiger partial charge on any atom is -0.489 e. The van der Waals surface area contributed by atoms with Crippen LogP contribution >= 0.6 is 11.8 Å². The average Bonchev–Trinajstić information content (AvgIpc) is 3.57. The number of thioether (sulfide) groups is 1. The van der Waals surface area contributed by atoms with Crippen LogP contribution in [0.3, 0.4) is 0 Å². The molecule has 1 saturated heterocycles. The van der Waals surface area contributed by atoms with Crippen LogP contribution in [0.1, 0.15) is 25.0 Å². The van der Waals surface area contributed by atoms with E-state index in [-0.39, 0.29) is 23.9 Å². The Bertz CT molecular complexity index is 1590. The van der Waals surface area contributed by atoms with E-state index < -0.39 is 0 Å². The van der Waals surface area contributed by atoms with Crippen molar-refractivity contribution in [2.24, 2.45) is 4.99 Å². The van der Waals surface area contributed by atoms with Gasteiger partial charge in [0.05, 0.1) is 28.5 Å². The summed E-state index contributed by atoms with van der Waals surface area (Å²) in [4.78, 5) is 20.0. The van der Waals surface area contributed by atoms with Crippen molar-refractivity contribution in [3.63, 3.8) is 0 Å². The second kappa shape index (κ2) is 11.7. The molecule has 208 valence electrons. The number of aromatic nitrogens is 2. The Labute approximate surface area is 242 Å². The first kappa shape index (κ1) is 27.0. The Hall–Kier alpha value is -4.21. The number of hydrogen-bond acceptors (Lipinski definition) is 6. The van der Waals surface area contributed by atoms with E-state index in [9.17, 15) is 9.18 Å². The highest BCUT2D eigenvalue weighted by Gasteiger charge is 2.31. The highest BCUT2D eigenvalue weighted by molar-refractivity contribution is 8.18. The Balaban J connectivity index is 1.26. The van der Waals surface area contributed by atoms with Gasteiger partial charge in [0.1, 0.15) is 18.2 Å². The Morgan fingerprint density at radius 3 is 2.41 bits per heavy atom. The van der Waals surface area contributed by atoms with E-state index in [0.717, 1.165) is 28.1 Å². The van der Waals surface area contributed by atoms with Gasteiger partial charge in [-0.15, -0.1) is 0 Å². The summed E-state index contributed by atoms with van der Waals surface area (Å²) in [6.45, 7) is 5.80. The lowest BCUT2D eigenvalue weighted by Gasteiger charge is -2.35. The maximum atomic E-state index is 13.2. The lowest BCUT2D eigenvalue weighted by molar-refractivity contribution is -0.113. The normalized spacial score (nSPS) is 20.0. The van der Waals surface area contributed by atoms with Crippen molar-refractivity contribution < 1.29 is 18.7 Å². The summed E-state index contributed by atoms with van der Waals surface area (Å²) in [7, 11) is 0. The van der Waals surface area contributed by atoms with Gasteiger partial charge in [-0.2, -0.15) is 10.1 Å². The van der Waals surface area contributed by atoms with Crippen LogP contribution in [0.5, 0.6) is 5.75 Å². The number of aliphatic imine (C=N–C) groups is 1. The lowest BCUT2D eigenvalue weighted by atomic mass is 10.1. The molecule has 0 saturated carbocycles. The molecule has 0 bridgehead atoms. The van der Waals surface area contributed by atoms with Gasteiger partial charge in [-0.1, -0.05) is 30.3 Å². The van der Waals surface area contributed by atoms with Crippen molar-refractivity contribution in [3.05, 3.63) is 107 Å². The molecular weight excluding hydrogens is 539 g/mol. The number of rotatable bonds is 6. The number of nitrogens with zero attached hydrogens (tertiary/aromatic N) is 4. The summed E-state index contributed by atoms with van der Waals surface area (Å²) in [6, 6.07) is 23.8. The third kappa shape index (κ3) is 6.26. The first-order valence-electron chi connectivity index (χ1n) is 13.5. The molecule has 2 unspecified atom stereocenters. The molecule has 6 rings (SSSR count). The molecule has 0 aliphatic carbocycles. The number of carbonyl (C=O) groups excluding carboxylic acids is 1. The van der Waals surface area contributed by atoms with E-state index in [1.165, 1.54) is 23.9 Å². The minimum absolute atomic E-state index is 0.0727. The molecule has 1 fully saturated rings. The Morgan fingerprint density at radius 1 is 1.00 bits per heavy atom. The van der Waals surface area contributed by atoms with Gasteiger partial charge in [-0.25, -0.2) is 9.07 Å². The summed E-state index contributed by atoms with van der Waals surface area (Å²) in [5.41, 5.74) is 4.23. The third-order valence-corrected chi connectivity index (χ3v) is 7.84. The molecule has 2 aliphatic rings. The second-order valence-corrected chi connectivity index (χ2v) is 11.1. The van der Waals surface area contributed by atoms with E-state index in [0.29, 0.717) is 35.5 Å². The molecular formula is C32H29FN4O3S. The summed E-state index contributed by atoms with van der Waals surface area (Å²) < 4.78 is 26.8. The zero-order valence-corrected chi connectivity index (χ0v) is 23.6. The first-order valence-corrected chi connectivity index (χ1v) is 14.3. The van der Waals surface area contributed by atoms with Crippen LogP contribution in [0.25, 0.3) is 23.0 Å². The van der Waals surface area contributed by atoms with Crippen LogP contribution in [0.2, 0.25) is 0 Å². The number of halogens is 1. The molecule has 4 aromatic rings. The Kier molecular flexibility index (Phi) is 7.71. The lowest BCUT2D eigenvalue weighted by Crippen LogP contribution is -2.47.